The van der Waals surface area contributed by atoms with E-state index in [0.29, 0.717) is 5.56 Å². The summed E-state index contributed by atoms with van der Waals surface area (Å²) in [7, 11) is 0. The first-order chi connectivity index (χ1) is 9.11. The number of carboxylic acids is 1. The first-order valence-electron chi connectivity index (χ1n) is 5.78. The van der Waals surface area contributed by atoms with E-state index in [4.69, 9.17) is 10.8 Å². The van der Waals surface area contributed by atoms with E-state index in [1.165, 1.54) is 12.1 Å². The van der Waals surface area contributed by atoms with Gasteiger partial charge in [0, 0.05) is 5.56 Å². The topological polar surface area (TPSA) is 80.4 Å². The van der Waals surface area contributed by atoms with Crippen molar-refractivity contribution in [2.75, 3.05) is 0 Å². The Morgan fingerprint density at radius 2 is 1.42 bits per heavy atom. The highest BCUT2D eigenvalue weighted by molar-refractivity contribution is 6.08. The number of Topliss-reactive ketones (excluding diaryl/α,β-unsaturated/α-hetero) is 1. The fourth-order valence-corrected chi connectivity index (χ4v) is 1.86. The van der Waals surface area contributed by atoms with Gasteiger partial charge in [0.05, 0.1) is 11.6 Å². The second-order valence-electron chi connectivity index (χ2n) is 4.10. The predicted molar refractivity (Wildman–Crippen MR) is 71.1 cm³/mol. The number of rotatable bonds is 4. The minimum absolute atomic E-state index is 0.0288. The summed E-state index contributed by atoms with van der Waals surface area (Å²) in [4.78, 5) is 23.4. The van der Waals surface area contributed by atoms with Crippen LogP contribution in [0.15, 0.2) is 54.6 Å². The highest BCUT2D eigenvalue weighted by Crippen LogP contribution is 2.18. The zero-order chi connectivity index (χ0) is 13.8. The molecule has 1 atom stereocenters. The monoisotopic (exact) mass is 255 g/mol. The van der Waals surface area contributed by atoms with Crippen molar-refractivity contribution in [3.8, 4) is 0 Å². The smallest absolute Gasteiger partial charge is 0.336 e. The maximum atomic E-state index is 12.3. The van der Waals surface area contributed by atoms with E-state index in [1.807, 2.05) is 6.07 Å². The van der Waals surface area contributed by atoms with Crippen LogP contribution < -0.4 is 5.73 Å². The molecule has 0 aliphatic carbocycles. The molecule has 0 spiro atoms. The summed E-state index contributed by atoms with van der Waals surface area (Å²) in [6.45, 7) is 0. The average Bonchev–Trinajstić information content (AvgIpc) is 2.46. The van der Waals surface area contributed by atoms with Gasteiger partial charge in [0.1, 0.15) is 0 Å². The average molecular weight is 255 g/mol. The lowest BCUT2D eigenvalue weighted by molar-refractivity contribution is 0.0691. The Bertz CT molecular complexity index is 608. The van der Waals surface area contributed by atoms with Crippen molar-refractivity contribution in [3.63, 3.8) is 0 Å². The minimum Gasteiger partial charge on any atom is -0.478 e. The quantitative estimate of drug-likeness (QED) is 0.821. The zero-order valence-electron chi connectivity index (χ0n) is 10.1. The number of aromatic carboxylic acids is 1. The summed E-state index contributed by atoms with van der Waals surface area (Å²) >= 11 is 0. The lowest BCUT2D eigenvalue weighted by Crippen LogP contribution is -2.23. The van der Waals surface area contributed by atoms with Gasteiger partial charge in [0.15, 0.2) is 5.78 Å². The Morgan fingerprint density at radius 1 is 0.895 bits per heavy atom. The van der Waals surface area contributed by atoms with E-state index in [2.05, 4.69) is 0 Å². The fraction of sp³-hybridized carbons (Fsp3) is 0.0667. The van der Waals surface area contributed by atoms with Gasteiger partial charge in [-0.25, -0.2) is 4.79 Å². The van der Waals surface area contributed by atoms with Gasteiger partial charge < -0.3 is 10.8 Å². The van der Waals surface area contributed by atoms with E-state index >= 15 is 0 Å². The van der Waals surface area contributed by atoms with Gasteiger partial charge >= 0.3 is 5.97 Å². The number of carbonyl (C=O) groups is 2. The summed E-state index contributed by atoms with van der Waals surface area (Å²) in [5, 5.41) is 9.07. The number of hydrogen-bond donors (Lipinski definition) is 2. The van der Waals surface area contributed by atoms with E-state index in [9.17, 15) is 9.59 Å². The summed E-state index contributed by atoms with van der Waals surface area (Å²) < 4.78 is 0. The molecule has 0 aliphatic heterocycles. The summed E-state index contributed by atoms with van der Waals surface area (Å²) in [6, 6.07) is 14.1. The first kappa shape index (κ1) is 13.0. The molecule has 0 bridgehead atoms. The molecule has 0 aromatic heterocycles. The predicted octanol–water partition coefficient (Wildman–Crippen LogP) is 2.27. The van der Waals surface area contributed by atoms with Crippen LogP contribution in [0.3, 0.4) is 0 Å². The molecule has 3 N–H and O–H groups in total. The number of carbonyl (C=O) groups excluding carboxylic acids is 1. The molecule has 0 heterocycles. The number of hydrogen-bond acceptors (Lipinski definition) is 3. The van der Waals surface area contributed by atoms with Crippen LogP contribution in [0.2, 0.25) is 0 Å². The van der Waals surface area contributed by atoms with E-state index in [0.717, 1.165) is 0 Å². The standard InChI is InChI=1S/C15H13NO3/c16-13(10-6-2-1-3-7-10)14(17)11-8-4-5-9-12(11)15(18)19/h1-9,13H,16H2,(H,18,19). The van der Waals surface area contributed by atoms with Crippen molar-refractivity contribution in [1.29, 1.82) is 0 Å². The van der Waals surface area contributed by atoms with Crippen LogP contribution in [-0.2, 0) is 0 Å². The summed E-state index contributed by atoms with van der Waals surface area (Å²) in [5.74, 6) is -1.53. The van der Waals surface area contributed by atoms with Crippen LogP contribution in [0.1, 0.15) is 32.3 Å². The largest absolute Gasteiger partial charge is 0.478 e. The minimum atomic E-state index is -1.13. The molecule has 0 saturated carbocycles. The molecule has 96 valence electrons. The summed E-state index contributed by atoms with van der Waals surface area (Å²) in [6.07, 6.45) is 0. The first-order valence-corrected chi connectivity index (χ1v) is 5.78. The number of nitrogens with two attached hydrogens (primary N) is 1. The Labute approximate surface area is 110 Å². The molecule has 4 nitrogen and oxygen atoms in total. The molecule has 2 aromatic rings. The second-order valence-corrected chi connectivity index (χ2v) is 4.10. The van der Waals surface area contributed by atoms with Crippen LogP contribution in [0.4, 0.5) is 0 Å². The molecule has 4 heteroatoms. The Kier molecular flexibility index (Phi) is 3.73. The molecular formula is C15H13NO3. The summed E-state index contributed by atoms with van der Waals surface area (Å²) in [5.41, 5.74) is 6.66. The van der Waals surface area contributed by atoms with E-state index in [-0.39, 0.29) is 11.1 Å². The lowest BCUT2D eigenvalue weighted by atomic mass is 9.95. The molecule has 2 rings (SSSR count). The third kappa shape index (κ3) is 2.69. The van der Waals surface area contributed by atoms with Crippen molar-refractivity contribution in [1.82, 2.24) is 0 Å². The molecule has 0 aliphatic rings. The van der Waals surface area contributed by atoms with Crippen molar-refractivity contribution in [2.45, 2.75) is 6.04 Å². The molecule has 0 saturated heterocycles. The van der Waals surface area contributed by atoms with Crippen LogP contribution in [0.5, 0.6) is 0 Å². The molecule has 2 aromatic carbocycles. The number of ketones is 1. The third-order valence-corrected chi connectivity index (χ3v) is 2.86. The number of benzene rings is 2. The Balaban J connectivity index is 2.38. The van der Waals surface area contributed by atoms with E-state index < -0.39 is 17.8 Å². The van der Waals surface area contributed by atoms with Gasteiger partial charge in [0.25, 0.3) is 0 Å². The Morgan fingerprint density at radius 3 is 2.00 bits per heavy atom. The fourth-order valence-electron chi connectivity index (χ4n) is 1.86. The molecule has 0 amide bonds. The Hall–Kier alpha value is -2.46. The zero-order valence-corrected chi connectivity index (χ0v) is 10.1. The van der Waals surface area contributed by atoms with Crippen molar-refractivity contribution >= 4 is 11.8 Å². The number of carboxylic acid groups (broad SMARTS) is 1. The van der Waals surface area contributed by atoms with Crippen LogP contribution in [-0.4, -0.2) is 16.9 Å². The van der Waals surface area contributed by atoms with Crippen LogP contribution in [0.25, 0.3) is 0 Å². The highest BCUT2D eigenvalue weighted by Gasteiger charge is 2.22. The van der Waals surface area contributed by atoms with Crippen molar-refractivity contribution in [3.05, 3.63) is 71.3 Å². The maximum absolute atomic E-state index is 12.3. The molecule has 1 unspecified atom stereocenters. The molecule has 0 fully saturated rings. The van der Waals surface area contributed by atoms with Crippen molar-refractivity contribution < 1.29 is 14.7 Å². The molecule has 19 heavy (non-hydrogen) atoms. The van der Waals surface area contributed by atoms with E-state index in [1.54, 1.807) is 36.4 Å². The van der Waals surface area contributed by atoms with Gasteiger partial charge in [-0.1, -0.05) is 48.5 Å². The maximum Gasteiger partial charge on any atom is 0.336 e. The van der Waals surface area contributed by atoms with Gasteiger partial charge in [-0.3, -0.25) is 4.79 Å². The SMILES string of the molecule is NC(C(=O)c1ccccc1C(=O)O)c1ccccc1. The lowest BCUT2D eigenvalue weighted by Gasteiger charge is -2.12. The molecular weight excluding hydrogens is 242 g/mol. The van der Waals surface area contributed by atoms with Crippen LogP contribution >= 0.6 is 0 Å². The third-order valence-electron chi connectivity index (χ3n) is 2.86. The second kappa shape index (κ2) is 5.46. The van der Waals surface area contributed by atoms with Gasteiger partial charge in [-0.2, -0.15) is 0 Å². The van der Waals surface area contributed by atoms with Gasteiger partial charge in [-0.05, 0) is 11.6 Å². The molecule has 0 radical (unpaired) electrons. The normalized spacial score (nSPS) is 11.8. The highest BCUT2D eigenvalue weighted by atomic mass is 16.4. The van der Waals surface area contributed by atoms with Crippen LogP contribution in [0, 0.1) is 0 Å². The van der Waals surface area contributed by atoms with Gasteiger partial charge in [0.2, 0.25) is 0 Å². The van der Waals surface area contributed by atoms with Crippen molar-refractivity contribution in [2.24, 2.45) is 5.73 Å². The van der Waals surface area contributed by atoms with Gasteiger partial charge in [-0.15, -0.1) is 0 Å².